The first-order valence-corrected chi connectivity index (χ1v) is 19.7. The summed E-state index contributed by atoms with van der Waals surface area (Å²) >= 11 is 0. The number of para-hydroxylation sites is 3. The van der Waals surface area contributed by atoms with Crippen molar-refractivity contribution in [3.05, 3.63) is 212 Å². The van der Waals surface area contributed by atoms with Gasteiger partial charge in [0.1, 0.15) is 0 Å². The Balaban J connectivity index is 0.000000138. The van der Waals surface area contributed by atoms with Crippen molar-refractivity contribution in [2.24, 2.45) is 0 Å². The SMILES string of the molecule is CN1c2ccccc2-c2c(n(-c3ccccc3)c3c2ccc2ccccc23)-c2ccccc21.c1ccc(-c2ccc3c4ccccc4c4ccccc4c3c2)cc1. The van der Waals surface area contributed by atoms with Crippen molar-refractivity contribution < 1.29 is 0 Å². The molecule has 0 saturated carbocycles. The molecular formula is C55H38N2. The molecule has 0 bridgehead atoms. The second-order valence-electron chi connectivity index (χ2n) is 14.9. The molecule has 0 saturated heterocycles. The number of hydrogen-bond donors (Lipinski definition) is 0. The molecule has 12 rings (SSSR count). The standard InChI is InChI=1S/C31H22N2.C24H16/c1-32-27-17-9-7-15-24(27)29-26-20-19-21-11-5-6-14-23(21)30(26)33(22-12-3-2-4-13-22)31(29)25-16-8-10-18-28(25)32;1-2-8-17(9-3-1)18-14-15-23-21-12-5-4-10-19(21)20-11-6-7-13-22(20)24(23)16-18/h2-20H,1H3;1-16H. The van der Waals surface area contributed by atoms with Crippen LogP contribution in [0.3, 0.4) is 0 Å². The molecule has 2 heteroatoms. The molecule has 10 aromatic carbocycles. The Hall–Kier alpha value is -7.42. The number of benzene rings is 10. The average molecular weight is 727 g/mol. The Morgan fingerprint density at radius 1 is 0.333 bits per heavy atom. The molecule has 0 atom stereocenters. The summed E-state index contributed by atoms with van der Waals surface area (Å²) in [7, 11) is 2.17. The number of anilines is 2. The molecule has 0 unspecified atom stereocenters. The molecule has 1 aliphatic rings. The largest absolute Gasteiger partial charge is 0.344 e. The quantitative estimate of drug-likeness (QED) is 0.161. The van der Waals surface area contributed by atoms with E-state index in [1.165, 1.54) is 105 Å². The van der Waals surface area contributed by atoms with Crippen LogP contribution in [-0.2, 0) is 0 Å². The van der Waals surface area contributed by atoms with Crippen molar-refractivity contribution in [3.8, 4) is 39.2 Å². The fourth-order valence-electron chi connectivity index (χ4n) is 9.20. The minimum absolute atomic E-state index is 1.18. The molecule has 0 N–H and O–H groups in total. The fourth-order valence-corrected chi connectivity index (χ4v) is 9.20. The van der Waals surface area contributed by atoms with Crippen LogP contribution in [0.2, 0.25) is 0 Å². The average Bonchev–Trinajstić information content (AvgIpc) is 3.60. The Kier molecular flexibility index (Phi) is 7.75. The number of nitrogens with zero attached hydrogens (tertiary/aromatic N) is 2. The van der Waals surface area contributed by atoms with E-state index in [-0.39, 0.29) is 0 Å². The third-order valence-electron chi connectivity index (χ3n) is 11.8. The van der Waals surface area contributed by atoms with Crippen molar-refractivity contribution in [3.63, 3.8) is 0 Å². The van der Waals surface area contributed by atoms with Gasteiger partial charge in [0, 0.05) is 45.9 Å². The van der Waals surface area contributed by atoms with Crippen molar-refractivity contribution in [1.82, 2.24) is 4.57 Å². The van der Waals surface area contributed by atoms with Gasteiger partial charge >= 0.3 is 0 Å². The zero-order valence-electron chi connectivity index (χ0n) is 31.6. The van der Waals surface area contributed by atoms with Gasteiger partial charge in [-0.25, -0.2) is 0 Å². The molecule has 1 aromatic heterocycles. The van der Waals surface area contributed by atoms with E-state index in [1.54, 1.807) is 0 Å². The first-order chi connectivity index (χ1) is 28.2. The second kappa shape index (κ2) is 13.4. The van der Waals surface area contributed by atoms with Crippen LogP contribution >= 0.6 is 0 Å². The van der Waals surface area contributed by atoms with Crippen LogP contribution in [0.5, 0.6) is 0 Å². The Morgan fingerprint density at radius 3 is 1.51 bits per heavy atom. The summed E-state index contributed by atoms with van der Waals surface area (Å²) in [5.41, 5.74) is 12.5. The maximum Gasteiger partial charge on any atom is 0.0641 e. The van der Waals surface area contributed by atoms with E-state index in [9.17, 15) is 0 Å². The van der Waals surface area contributed by atoms with Gasteiger partial charge in [-0.15, -0.1) is 0 Å². The van der Waals surface area contributed by atoms with Crippen LogP contribution in [0.1, 0.15) is 0 Å². The normalized spacial score (nSPS) is 11.9. The lowest BCUT2D eigenvalue weighted by atomic mass is 9.92. The van der Waals surface area contributed by atoms with Crippen LogP contribution in [-0.4, -0.2) is 11.6 Å². The van der Waals surface area contributed by atoms with Gasteiger partial charge < -0.3 is 9.47 Å². The summed E-state index contributed by atoms with van der Waals surface area (Å²) in [4.78, 5) is 2.33. The van der Waals surface area contributed by atoms with Crippen LogP contribution in [0.4, 0.5) is 11.4 Å². The Morgan fingerprint density at radius 2 is 0.825 bits per heavy atom. The van der Waals surface area contributed by atoms with E-state index in [0.717, 1.165) is 0 Å². The van der Waals surface area contributed by atoms with E-state index in [4.69, 9.17) is 0 Å². The van der Waals surface area contributed by atoms with Crippen molar-refractivity contribution >= 4 is 65.4 Å². The summed E-state index contributed by atoms with van der Waals surface area (Å²) < 4.78 is 2.47. The van der Waals surface area contributed by atoms with E-state index >= 15 is 0 Å². The van der Waals surface area contributed by atoms with Crippen LogP contribution in [0.15, 0.2) is 212 Å². The molecule has 0 radical (unpaired) electrons. The molecule has 0 amide bonds. The molecule has 11 aromatic rings. The van der Waals surface area contributed by atoms with Gasteiger partial charge in [0.2, 0.25) is 0 Å². The first-order valence-electron chi connectivity index (χ1n) is 19.7. The van der Waals surface area contributed by atoms with Crippen LogP contribution in [0.25, 0.3) is 93.2 Å². The number of aromatic nitrogens is 1. The van der Waals surface area contributed by atoms with E-state index in [2.05, 4.69) is 229 Å². The summed E-state index contributed by atoms with van der Waals surface area (Å²) in [6.45, 7) is 0. The summed E-state index contributed by atoms with van der Waals surface area (Å²) in [5, 5.41) is 11.8. The second-order valence-corrected chi connectivity index (χ2v) is 14.9. The molecular weight excluding hydrogens is 689 g/mol. The van der Waals surface area contributed by atoms with Crippen molar-refractivity contribution in [2.75, 3.05) is 11.9 Å². The molecule has 2 nitrogen and oxygen atoms in total. The topological polar surface area (TPSA) is 8.17 Å². The highest BCUT2D eigenvalue weighted by Gasteiger charge is 2.29. The minimum Gasteiger partial charge on any atom is -0.344 e. The van der Waals surface area contributed by atoms with Crippen LogP contribution in [0, 0.1) is 0 Å². The Bertz CT molecular complexity index is 3270. The van der Waals surface area contributed by atoms with E-state index < -0.39 is 0 Å². The first kappa shape index (κ1) is 33.0. The highest BCUT2D eigenvalue weighted by molar-refractivity contribution is 6.26. The van der Waals surface area contributed by atoms with Crippen molar-refractivity contribution in [2.45, 2.75) is 0 Å². The molecule has 0 spiro atoms. The minimum atomic E-state index is 1.18. The maximum atomic E-state index is 2.47. The number of rotatable bonds is 2. The lowest BCUT2D eigenvalue weighted by molar-refractivity contribution is 1.14. The zero-order valence-corrected chi connectivity index (χ0v) is 31.6. The highest BCUT2D eigenvalue weighted by atomic mass is 15.1. The smallest absolute Gasteiger partial charge is 0.0641 e. The summed E-state index contributed by atoms with van der Waals surface area (Å²) in [6.07, 6.45) is 0. The summed E-state index contributed by atoms with van der Waals surface area (Å²) in [6, 6.07) is 76.5. The van der Waals surface area contributed by atoms with Crippen molar-refractivity contribution in [1.29, 1.82) is 0 Å². The van der Waals surface area contributed by atoms with Gasteiger partial charge in [-0.3, -0.25) is 0 Å². The van der Waals surface area contributed by atoms with E-state index in [1.807, 2.05) is 0 Å². The monoisotopic (exact) mass is 726 g/mol. The maximum absolute atomic E-state index is 2.47. The van der Waals surface area contributed by atoms with Crippen LogP contribution < -0.4 is 4.90 Å². The zero-order chi connectivity index (χ0) is 37.9. The van der Waals surface area contributed by atoms with Gasteiger partial charge in [0.05, 0.1) is 16.9 Å². The number of hydrogen-bond acceptors (Lipinski definition) is 1. The lowest BCUT2D eigenvalue weighted by Gasteiger charge is -2.22. The predicted molar refractivity (Wildman–Crippen MR) is 244 cm³/mol. The van der Waals surface area contributed by atoms with Gasteiger partial charge in [-0.1, -0.05) is 182 Å². The van der Waals surface area contributed by atoms with Gasteiger partial charge in [-0.05, 0) is 79.2 Å². The van der Waals surface area contributed by atoms with Gasteiger partial charge in [0.25, 0.3) is 0 Å². The van der Waals surface area contributed by atoms with Gasteiger partial charge in [0.15, 0.2) is 0 Å². The summed E-state index contributed by atoms with van der Waals surface area (Å²) in [5.74, 6) is 0. The molecule has 2 heterocycles. The third-order valence-corrected chi connectivity index (χ3v) is 11.8. The highest BCUT2D eigenvalue weighted by Crippen LogP contribution is 2.52. The Labute approximate surface area is 332 Å². The molecule has 57 heavy (non-hydrogen) atoms. The third kappa shape index (κ3) is 5.26. The van der Waals surface area contributed by atoms with E-state index in [0.29, 0.717) is 0 Å². The molecule has 0 aliphatic carbocycles. The fraction of sp³-hybridized carbons (Fsp3) is 0.0182. The molecule has 268 valence electrons. The lowest BCUT2D eigenvalue weighted by Crippen LogP contribution is -2.10. The molecule has 0 fully saturated rings. The predicted octanol–water partition coefficient (Wildman–Crippen LogP) is 15.0. The molecule has 1 aliphatic heterocycles. The number of fused-ring (bicyclic) bond motifs is 15. The van der Waals surface area contributed by atoms with Gasteiger partial charge in [-0.2, -0.15) is 0 Å².